The van der Waals surface area contributed by atoms with Crippen LogP contribution in [0.5, 0.6) is 0 Å². The van der Waals surface area contributed by atoms with E-state index in [1.165, 1.54) is 11.3 Å². The first-order valence-electron chi connectivity index (χ1n) is 6.00. The summed E-state index contributed by atoms with van der Waals surface area (Å²) < 4.78 is 0. The smallest absolute Gasteiger partial charge is 0.203 e. The molecular formula is C15H12O2S. The molecule has 3 rings (SSSR count). The van der Waals surface area contributed by atoms with Crippen LogP contribution in [0, 0.1) is 0 Å². The highest BCUT2D eigenvalue weighted by Crippen LogP contribution is 2.27. The van der Waals surface area contributed by atoms with Crippen LogP contribution in [-0.2, 0) is 6.42 Å². The van der Waals surface area contributed by atoms with Crippen LogP contribution in [-0.4, -0.2) is 11.6 Å². The molecule has 1 aromatic carbocycles. The summed E-state index contributed by atoms with van der Waals surface area (Å²) in [6.07, 6.45) is 2.28. The van der Waals surface area contributed by atoms with Crippen LogP contribution in [0.4, 0.5) is 0 Å². The number of rotatable bonds is 2. The first-order valence-corrected chi connectivity index (χ1v) is 6.88. The lowest BCUT2D eigenvalue weighted by Crippen LogP contribution is -2.15. The standard InChI is InChI=1S/C15H12O2S/c16-13-7-2-4-10-11(13)5-1-6-12(10)15(17)14-8-3-9-18-14/h1,3,5-6,8-9H,2,4,7H2. The number of thiophene rings is 1. The lowest BCUT2D eigenvalue weighted by molar-refractivity contribution is 0.0972. The number of hydrogen-bond acceptors (Lipinski definition) is 3. The van der Waals surface area contributed by atoms with E-state index < -0.39 is 0 Å². The first-order chi connectivity index (χ1) is 8.77. The zero-order valence-corrected chi connectivity index (χ0v) is 10.6. The molecule has 0 aliphatic heterocycles. The fourth-order valence-electron chi connectivity index (χ4n) is 2.43. The van der Waals surface area contributed by atoms with Gasteiger partial charge in [-0.3, -0.25) is 9.59 Å². The zero-order chi connectivity index (χ0) is 12.5. The molecule has 0 saturated carbocycles. The monoisotopic (exact) mass is 256 g/mol. The number of ketones is 2. The summed E-state index contributed by atoms with van der Waals surface area (Å²) in [7, 11) is 0. The summed E-state index contributed by atoms with van der Waals surface area (Å²) in [5, 5.41) is 1.90. The Balaban J connectivity index is 2.11. The van der Waals surface area contributed by atoms with E-state index in [0.29, 0.717) is 12.0 Å². The van der Waals surface area contributed by atoms with Crippen molar-refractivity contribution in [3.8, 4) is 0 Å². The summed E-state index contributed by atoms with van der Waals surface area (Å²) in [4.78, 5) is 25.0. The summed E-state index contributed by atoms with van der Waals surface area (Å²) >= 11 is 1.44. The molecule has 1 aliphatic carbocycles. The Morgan fingerprint density at radius 3 is 2.78 bits per heavy atom. The maximum atomic E-state index is 12.4. The number of benzene rings is 1. The van der Waals surface area contributed by atoms with Crippen molar-refractivity contribution in [2.24, 2.45) is 0 Å². The van der Waals surface area contributed by atoms with Gasteiger partial charge in [0.15, 0.2) is 5.78 Å². The fraction of sp³-hybridized carbons (Fsp3) is 0.200. The average Bonchev–Trinajstić information content (AvgIpc) is 2.92. The van der Waals surface area contributed by atoms with Crippen molar-refractivity contribution in [3.63, 3.8) is 0 Å². The van der Waals surface area contributed by atoms with Gasteiger partial charge in [0.1, 0.15) is 0 Å². The summed E-state index contributed by atoms with van der Waals surface area (Å²) in [5.41, 5.74) is 2.37. The SMILES string of the molecule is O=C1CCCc2c1cccc2C(=O)c1cccs1. The summed E-state index contributed by atoms with van der Waals surface area (Å²) in [6, 6.07) is 9.18. The van der Waals surface area contributed by atoms with Gasteiger partial charge in [-0.1, -0.05) is 24.3 Å². The Hall–Kier alpha value is -1.74. The van der Waals surface area contributed by atoms with Gasteiger partial charge < -0.3 is 0 Å². The number of fused-ring (bicyclic) bond motifs is 1. The van der Waals surface area contributed by atoms with Gasteiger partial charge in [0.25, 0.3) is 0 Å². The van der Waals surface area contributed by atoms with E-state index in [2.05, 4.69) is 0 Å². The van der Waals surface area contributed by atoms with Gasteiger partial charge in [0.05, 0.1) is 4.88 Å². The van der Waals surface area contributed by atoms with Crippen molar-refractivity contribution >= 4 is 22.9 Å². The Labute approximate surface area is 109 Å². The second-order valence-electron chi connectivity index (χ2n) is 4.41. The molecule has 0 saturated heterocycles. The number of carbonyl (C=O) groups excluding carboxylic acids is 2. The predicted octanol–water partition coefficient (Wildman–Crippen LogP) is 3.50. The second kappa shape index (κ2) is 4.50. The third kappa shape index (κ3) is 1.81. The van der Waals surface area contributed by atoms with E-state index in [9.17, 15) is 9.59 Å². The maximum absolute atomic E-state index is 12.4. The Bertz CT molecular complexity index is 611. The molecule has 0 radical (unpaired) electrons. The van der Waals surface area contributed by atoms with Crippen LogP contribution in [0.25, 0.3) is 0 Å². The minimum absolute atomic E-state index is 0.0385. The zero-order valence-electron chi connectivity index (χ0n) is 9.81. The van der Waals surface area contributed by atoms with Crippen molar-refractivity contribution in [2.45, 2.75) is 19.3 Å². The van der Waals surface area contributed by atoms with Gasteiger partial charge in [-0.05, 0) is 29.9 Å². The van der Waals surface area contributed by atoms with Crippen molar-refractivity contribution in [1.82, 2.24) is 0 Å². The van der Waals surface area contributed by atoms with Crippen LogP contribution in [0.1, 0.15) is 44.0 Å². The first kappa shape index (κ1) is 11.4. The third-order valence-corrected chi connectivity index (χ3v) is 4.17. The minimum Gasteiger partial charge on any atom is -0.294 e. The van der Waals surface area contributed by atoms with Crippen LogP contribution in [0.15, 0.2) is 35.7 Å². The van der Waals surface area contributed by atoms with Gasteiger partial charge in [-0.15, -0.1) is 11.3 Å². The van der Waals surface area contributed by atoms with Crippen LogP contribution >= 0.6 is 11.3 Å². The van der Waals surface area contributed by atoms with E-state index in [1.807, 2.05) is 35.7 Å². The quantitative estimate of drug-likeness (QED) is 0.771. The molecule has 0 N–H and O–H groups in total. The largest absolute Gasteiger partial charge is 0.294 e. The van der Waals surface area contributed by atoms with E-state index in [0.717, 1.165) is 28.8 Å². The van der Waals surface area contributed by atoms with Gasteiger partial charge in [-0.25, -0.2) is 0 Å². The van der Waals surface area contributed by atoms with Gasteiger partial charge in [0.2, 0.25) is 5.78 Å². The molecule has 2 aromatic rings. The summed E-state index contributed by atoms with van der Waals surface area (Å²) in [6.45, 7) is 0. The van der Waals surface area contributed by atoms with Crippen LogP contribution in [0.2, 0.25) is 0 Å². The molecule has 0 unspecified atom stereocenters. The summed E-state index contributed by atoms with van der Waals surface area (Å²) in [5.74, 6) is 0.202. The molecule has 3 heteroatoms. The van der Waals surface area contributed by atoms with Gasteiger partial charge in [0, 0.05) is 17.5 Å². The highest BCUT2D eigenvalue weighted by atomic mass is 32.1. The second-order valence-corrected chi connectivity index (χ2v) is 5.36. The van der Waals surface area contributed by atoms with E-state index >= 15 is 0 Å². The minimum atomic E-state index is 0.0385. The van der Waals surface area contributed by atoms with E-state index in [-0.39, 0.29) is 11.6 Å². The normalized spacial score (nSPS) is 14.3. The molecule has 1 aromatic heterocycles. The molecule has 0 amide bonds. The molecule has 0 spiro atoms. The predicted molar refractivity (Wildman–Crippen MR) is 71.5 cm³/mol. The molecule has 2 nitrogen and oxygen atoms in total. The van der Waals surface area contributed by atoms with Crippen molar-refractivity contribution in [1.29, 1.82) is 0 Å². The lowest BCUT2D eigenvalue weighted by Gasteiger charge is -2.17. The molecule has 0 atom stereocenters. The molecule has 18 heavy (non-hydrogen) atoms. The van der Waals surface area contributed by atoms with Crippen LogP contribution in [0.3, 0.4) is 0 Å². The molecule has 1 aliphatic rings. The highest BCUT2D eigenvalue weighted by Gasteiger charge is 2.23. The topological polar surface area (TPSA) is 34.1 Å². The fourth-order valence-corrected chi connectivity index (χ4v) is 3.11. The third-order valence-electron chi connectivity index (χ3n) is 3.30. The number of hydrogen-bond donors (Lipinski definition) is 0. The number of carbonyl (C=O) groups is 2. The Morgan fingerprint density at radius 2 is 2.00 bits per heavy atom. The van der Waals surface area contributed by atoms with Crippen molar-refractivity contribution < 1.29 is 9.59 Å². The maximum Gasteiger partial charge on any atom is 0.203 e. The Morgan fingerprint density at radius 1 is 1.11 bits per heavy atom. The van der Waals surface area contributed by atoms with Crippen LogP contribution < -0.4 is 0 Å². The van der Waals surface area contributed by atoms with Gasteiger partial charge in [-0.2, -0.15) is 0 Å². The molecular weight excluding hydrogens is 244 g/mol. The average molecular weight is 256 g/mol. The van der Waals surface area contributed by atoms with Gasteiger partial charge >= 0.3 is 0 Å². The Kier molecular flexibility index (Phi) is 2.84. The molecule has 0 bridgehead atoms. The van der Waals surface area contributed by atoms with Crippen molar-refractivity contribution in [3.05, 3.63) is 57.3 Å². The van der Waals surface area contributed by atoms with E-state index in [1.54, 1.807) is 0 Å². The lowest BCUT2D eigenvalue weighted by atomic mass is 9.86. The number of Topliss-reactive ketones (excluding diaryl/α,β-unsaturated/α-hetero) is 1. The molecule has 0 fully saturated rings. The van der Waals surface area contributed by atoms with E-state index in [4.69, 9.17) is 0 Å². The molecule has 1 heterocycles. The highest BCUT2D eigenvalue weighted by molar-refractivity contribution is 7.12. The molecule has 90 valence electrons. The van der Waals surface area contributed by atoms with Crippen molar-refractivity contribution in [2.75, 3.05) is 0 Å².